The summed E-state index contributed by atoms with van der Waals surface area (Å²) in [5, 5.41) is 0. The van der Waals surface area contributed by atoms with Crippen LogP contribution in [-0.2, 0) is 11.2 Å². The van der Waals surface area contributed by atoms with E-state index in [2.05, 4.69) is 0 Å². The van der Waals surface area contributed by atoms with E-state index in [0.29, 0.717) is 29.3 Å². The highest BCUT2D eigenvalue weighted by Gasteiger charge is 2.18. The minimum absolute atomic E-state index is 0.0424. The standard InChI is InChI=1S/C17H18O4/c1-4-20-17(19)15-9-14(21-12(15)3)10-16(18)13-7-5-11(2)6-8-13/h5-9H,4,10H2,1-3H3. The van der Waals surface area contributed by atoms with Crippen LogP contribution in [0, 0.1) is 13.8 Å². The average molecular weight is 286 g/mol. The van der Waals surface area contributed by atoms with Gasteiger partial charge in [0.15, 0.2) is 5.78 Å². The zero-order valence-corrected chi connectivity index (χ0v) is 12.4. The summed E-state index contributed by atoms with van der Waals surface area (Å²) < 4.78 is 10.4. The monoisotopic (exact) mass is 286 g/mol. The highest BCUT2D eigenvalue weighted by atomic mass is 16.5. The number of ketones is 1. The van der Waals surface area contributed by atoms with Gasteiger partial charge in [0.2, 0.25) is 0 Å². The van der Waals surface area contributed by atoms with Crippen LogP contribution in [-0.4, -0.2) is 18.4 Å². The number of carbonyl (C=O) groups is 2. The van der Waals surface area contributed by atoms with E-state index >= 15 is 0 Å². The van der Waals surface area contributed by atoms with Gasteiger partial charge in [0.1, 0.15) is 17.1 Å². The Morgan fingerprint density at radius 1 is 1.14 bits per heavy atom. The van der Waals surface area contributed by atoms with E-state index in [-0.39, 0.29) is 12.2 Å². The van der Waals surface area contributed by atoms with Gasteiger partial charge in [-0.3, -0.25) is 4.79 Å². The van der Waals surface area contributed by atoms with Crippen LogP contribution in [0.1, 0.15) is 44.7 Å². The van der Waals surface area contributed by atoms with Gasteiger partial charge >= 0.3 is 5.97 Å². The number of ether oxygens (including phenoxy) is 1. The average Bonchev–Trinajstić information content (AvgIpc) is 2.80. The van der Waals surface area contributed by atoms with Crippen molar-refractivity contribution in [2.45, 2.75) is 27.2 Å². The summed E-state index contributed by atoms with van der Waals surface area (Å²) in [6.07, 6.45) is 0.128. The second-order valence-electron chi connectivity index (χ2n) is 4.87. The van der Waals surface area contributed by atoms with Crippen molar-refractivity contribution in [3.63, 3.8) is 0 Å². The Balaban J connectivity index is 2.13. The first-order valence-electron chi connectivity index (χ1n) is 6.87. The lowest BCUT2D eigenvalue weighted by Crippen LogP contribution is -2.05. The number of esters is 1. The molecule has 0 bridgehead atoms. The van der Waals surface area contributed by atoms with Crippen molar-refractivity contribution in [1.82, 2.24) is 0 Å². The summed E-state index contributed by atoms with van der Waals surface area (Å²) in [7, 11) is 0. The van der Waals surface area contributed by atoms with E-state index < -0.39 is 5.97 Å². The topological polar surface area (TPSA) is 56.5 Å². The largest absolute Gasteiger partial charge is 0.465 e. The minimum Gasteiger partial charge on any atom is -0.465 e. The molecule has 0 aliphatic carbocycles. The molecule has 0 unspecified atom stereocenters. The van der Waals surface area contributed by atoms with Gasteiger partial charge in [-0.25, -0.2) is 4.79 Å². The highest BCUT2D eigenvalue weighted by Crippen LogP contribution is 2.18. The summed E-state index contributed by atoms with van der Waals surface area (Å²) >= 11 is 0. The lowest BCUT2D eigenvalue weighted by molar-refractivity contribution is 0.0524. The number of hydrogen-bond acceptors (Lipinski definition) is 4. The van der Waals surface area contributed by atoms with Crippen LogP contribution in [0.2, 0.25) is 0 Å². The molecule has 0 atom stereocenters. The third-order valence-corrected chi connectivity index (χ3v) is 3.17. The first-order chi connectivity index (χ1) is 10.0. The molecule has 2 aromatic rings. The Morgan fingerprint density at radius 2 is 1.81 bits per heavy atom. The molecule has 0 aliphatic heterocycles. The van der Waals surface area contributed by atoms with Gasteiger partial charge in [0.25, 0.3) is 0 Å². The summed E-state index contributed by atoms with van der Waals surface area (Å²) in [5.41, 5.74) is 2.11. The zero-order chi connectivity index (χ0) is 15.4. The molecule has 0 amide bonds. The van der Waals surface area contributed by atoms with E-state index in [4.69, 9.17) is 9.15 Å². The molecule has 1 heterocycles. The molecule has 2 rings (SSSR count). The summed E-state index contributed by atoms with van der Waals surface area (Å²) in [6, 6.07) is 8.95. The van der Waals surface area contributed by atoms with Crippen molar-refractivity contribution in [1.29, 1.82) is 0 Å². The summed E-state index contributed by atoms with van der Waals surface area (Å²) in [4.78, 5) is 23.9. The van der Waals surface area contributed by atoms with Gasteiger partial charge in [0, 0.05) is 5.56 Å². The molecule has 0 fully saturated rings. The number of hydrogen-bond donors (Lipinski definition) is 0. The molecule has 4 nitrogen and oxygen atoms in total. The number of rotatable bonds is 5. The van der Waals surface area contributed by atoms with Crippen LogP contribution in [0.4, 0.5) is 0 Å². The van der Waals surface area contributed by atoms with Crippen LogP contribution in [0.3, 0.4) is 0 Å². The maximum Gasteiger partial charge on any atom is 0.341 e. The molecule has 110 valence electrons. The number of furan rings is 1. The fourth-order valence-electron chi connectivity index (χ4n) is 2.04. The van der Waals surface area contributed by atoms with E-state index in [0.717, 1.165) is 5.56 Å². The number of carbonyl (C=O) groups excluding carboxylic acids is 2. The predicted molar refractivity (Wildman–Crippen MR) is 78.6 cm³/mol. The second-order valence-corrected chi connectivity index (χ2v) is 4.87. The van der Waals surface area contributed by atoms with Crippen molar-refractivity contribution >= 4 is 11.8 Å². The molecule has 0 saturated carbocycles. The fraction of sp³-hybridized carbons (Fsp3) is 0.294. The van der Waals surface area contributed by atoms with Gasteiger partial charge in [0.05, 0.1) is 13.0 Å². The van der Waals surface area contributed by atoms with Crippen LogP contribution >= 0.6 is 0 Å². The lowest BCUT2D eigenvalue weighted by atomic mass is 10.1. The van der Waals surface area contributed by atoms with Crippen molar-refractivity contribution in [2.24, 2.45) is 0 Å². The Hall–Kier alpha value is -2.36. The third-order valence-electron chi connectivity index (χ3n) is 3.17. The molecule has 4 heteroatoms. The minimum atomic E-state index is -0.423. The van der Waals surface area contributed by atoms with Gasteiger partial charge in [-0.1, -0.05) is 29.8 Å². The molecule has 0 saturated heterocycles. The van der Waals surface area contributed by atoms with Crippen LogP contribution in [0.5, 0.6) is 0 Å². The molecule has 0 spiro atoms. The molecule has 1 aromatic carbocycles. The number of benzene rings is 1. The van der Waals surface area contributed by atoms with E-state index in [1.54, 1.807) is 32.0 Å². The summed E-state index contributed by atoms with van der Waals surface area (Å²) in [5.74, 6) is 0.480. The van der Waals surface area contributed by atoms with Crippen molar-refractivity contribution in [2.75, 3.05) is 6.61 Å². The van der Waals surface area contributed by atoms with Gasteiger partial charge < -0.3 is 9.15 Å². The molecular weight excluding hydrogens is 268 g/mol. The first-order valence-corrected chi connectivity index (χ1v) is 6.87. The van der Waals surface area contributed by atoms with Crippen molar-refractivity contribution in [3.8, 4) is 0 Å². The lowest BCUT2D eigenvalue weighted by Gasteiger charge is -1.99. The SMILES string of the molecule is CCOC(=O)c1cc(CC(=O)c2ccc(C)cc2)oc1C. The number of Topliss-reactive ketones (excluding diaryl/α,β-unsaturated/α-hetero) is 1. The Bertz CT molecular complexity index is 650. The summed E-state index contributed by atoms with van der Waals surface area (Å²) in [6.45, 7) is 5.71. The Kier molecular flexibility index (Phi) is 4.58. The van der Waals surface area contributed by atoms with Crippen LogP contribution < -0.4 is 0 Å². The third kappa shape index (κ3) is 3.60. The zero-order valence-electron chi connectivity index (χ0n) is 12.4. The van der Waals surface area contributed by atoms with E-state index in [9.17, 15) is 9.59 Å². The second kappa shape index (κ2) is 6.39. The van der Waals surface area contributed by atoms with Crippen LogP contribution in [0.25, 0.3) is 0 Å². The molecule has 0 radical (unpaired) electrons. The van der Waals surface area contributed by atoms with Crippen molar-refractivity contribution < 1.29 is 18.7 Å². The fourth-order valence-corrected chi connectivity index (χ4v) is 2.04. The maximum absolute atomic E-state index is 12.2. The van der Waals surface area contributed by atoms with Crippen LogP contribution in [0.15, 0.2) is 34.7 Å². The quantitative estimate of drug-likeness (QED) is 0.623. The van der Waals surface area contributed by atoms with Gasteiger partial charge in [-0.05, 0) is 26.8 Å². The van der Waals surface area contributed by atoms with Crippen molar-refractivity contribution in [3.05, 3.63) is 58.5 Å². The van der Waals surface area contributed by atoms with Gasteiger partial charge in [-0.2, -0.15) is 0 Å². The Morgan fingerprint density at radius 3 is 2.43 bits per heavy atom. The smallest absolute Gasteiger partial charge is 0.341 e. The number of aryl methyl sites for hydroxylation is 2. The normalized spacial score (nSPS) is 10.4. The van der Waals surface area contributed by atoms with E-state index in [1.807, 2.05) is 19.1 Å². The maximum atomic E-state index is 12.2. The molecule has 21 heavy (non-hydrogen) atoms. The molecule has 0 aliphatic rings. The van der Waals surface area contributed by atoms with Gasteiger partial charge in [-0.15, -0.1) is 0 Å². The van der Waals surface area contributed by atoms with E-state index in [1.165, 1.54) is 0 Å². The molecule has 1 aromatic heterocycles. The Labute approximate surface area is 123 Å². The molecular formula is C17H18O4. The highest BCUT2D eigenvalue weighted by molar-refractivity contribution is 5.97. The predicted octanol–water partition coefficient (Wildman–Crippen LogP) is 3.50. The molecule has 0 N–H and O–H groups in total. The first kappa shape index (κ1) is 15.0.